The Hall–Kier alpha value is -2.97. The second-order valence-electron chi connectivity index (χ2n) is 7.08. The number of amides is 1. The number of nitrogens with one attached hydrogen (secondary N) is 1. The molecule has 3 rings (SSSR count). The summed E-state index contributed by atoms with van der Waals surface area (Å²) in [4.78, 5) is 14.3. The topological polar surface area (TPSA) is 50.8 Å². The number of likely N-dealkylation sites (N-methyl/N-ethyl adjacent to an activating group) is 1. The van der Waals surface area contributed by atoms with Crippen LogP contribution in [0.3, 0.4) is 0 Å². The number of hydrogen-bond donors (Lipinski definition) is 1. The summed E-state index contributed by atoms with van der Waals surface area (Å²) in [6.45, 7) is 5.46. The summed E-state index contributed by atoms with van der Waals surface area (Å²) in [5.41, 5.74) is 3.62. The van der Waals surface area contributed by atoms with Crippen LogP contribution in [0.4, 0.5) is 5.69 Å². The maximum atomic E-state index is 12.4. The molecular formula is C23H26N2O3. The zero-order valence-corrected chi connectivity index (χ0v) is 16.6. The van der Waals surface area contributed by atoms with E-state index in [1.807, 2.05) is 43.1 Å². The zero-order chi connectivity index (χ0) is 20.1. The van der Waals surface area contributed by atoms with Crippen molar-refractivity contribution in [3.8, 4) is 23.8 Å². The van der Waals surface area contributed by atoms with Crippen LogP contribution in [0.5, 0.6) is 11.5 Å². The summed E-state index contributed by atoms with van der Waals surface area (Å²) in [5, 5.41) is 2.89. The number of terminal acetylenes is 1. The maximum absolute atomic E-state index is 12.4. The van der Waals surface area contributed by atoms with Gasteiger partial charge in [-0.2, -0.15) is 0 Å². The number of ether oxygens (including phenoxy) is 2. The number of rotatable bonds is 7. The Morgan fingerprint density at radius 2 is 2.21 bits per heavy atom. The number of nitrogens with zero attached hydrogens (tertiary/aromatic N) is 1. The molecule has 0 saturated carbocycles. The van der Waals surface area contributed by atoms with Gasteiger partial charge in [0.05, 0.1) is 13.2 Å². The molecule has 5 heteroatoms. The predicted octanol–water partition coefficient (Wildman–Crippen LogP) is 3.46. The lowest BCUT2D eigenvalue weighted by Gasteiger charge is -2.19. The van der Waals surface area contributed by atoms with Crippen LogP contribution in [0.15, 0.2) is 36.4 Å². The number of carbonyl (C=O) groups excluding carboxylic acids is 1. The van der Waals surface area contributed by atoms with E-state index >= 15 is 0 Å². The van der Waals surface area contributed by atoms with Gasteiger partial charge < -0.3 is 14.8 Å². The van der Waals surface area contributed by atoms with Crippen molar-refractivity contribution in [3.63, 3.8) is 0 Å². The van der Waals surface area contributed by atoms with Gasteiger partial charge >= 0.3 is 0 Å². The van der Waals surface area contributed by atoms with Crippen molar-refractivity contribution in [1.82, 2.24) is 4.90 Å². The van der Waals surface area contributed by atoms with Crippen molar-refractivity contribution >= 4 is 11.6 Å². The van der Waals surface area contributed by atoms with E-state index in [0.717, 1.165) is 29.0 Å². The molecule has 1 heterocycles. The van der Waals surface area contributed by atoms with Crippen LogP contribution in [-0.2, 0) is 17.8 Å². The largest absolute Gasteiger partial charge is 0.494 e. The van der Waals surface area contributed by atoms with Crippen molar-refractivity contribution in [2.24, 2.45) is 0 Å². The van der Waals surface area contributed by atoms with Crippen LogP contribution in [0.2, 0.25) is 0 Å². The molecule has 146 valence electrons. The average molecular weight is 378 g/mol. The second-order valence-corrected chi connectivity index (χ2v) is 7.08. The molecule has 28 heavy (non-hydrogen) atoms. The lowest BCUT2D eigenvalue weighted by molar-refractivity contribution is -0.117. The molecule has 0 fully saturated rings. The highest BCUT2D eigenvalue weighted by molar-refractivity contribution is 5.92. The summed E-state index contributed by atoms with van der Waals surface area (Å²) in [5.74, 6) is 4.24. The first kappa shape index (κ1) is 19.8. The molecule has 0 aromatic heterocycles. The molecule has 0 bridgehead atoms. The fourth-order valence-corrected chi connectivity index (χ4v) is 3.37. The molecule has 2 aromatic rings. The molecule has 1 atom stereocenters. The molecule has 1 amide bonds. The number of benzene rings is 2. The van der Waals surface area contributed by atoms with Crippen molar-refractivity contribution in [1.29, 1.82) is 0 Å². The highest BCUT2D eigenvalue weighted by atomic mass is 16.5. The van der Waals surface area contributed by atoms with E-state index in [9.17, 15) is 4.79 Å². The van der Waals surface area contributed by atoms with Crippen LogP contribution in [-0.4, -0.2) is 37.1 Å². The van der Waals surface area contributed by atoms with Gasteiger partial charge in [0, 0.05) is 35.3 Å². The summed E-state index contributed by atoms with van der Waals surface area (Å²) in [7, 11) is 1.91. The standard InChI is InChI=1S/C23H26N2O3/c1-5-17-8-7-9-20(11-17)24-23(26)15-25(4)14-19-13-22-18(10-16(3)28-22)12-21(19)27-6-2/h1,7-9,11-13,16H,6,10,14-15H2,2-4H3,(H,24,26). The molecule has 1 N–H and O–H groups in total. The summed E-state index contributed by atoms with van der Waals surface area (Å²) < 4.78 is 11.7. The van der Waals surface area contributed by atoms with Gasteiger partial charge in [-0.05, 0) is 51.2 Å². The van der Waals surface area contributed by atoms with Crippen molar-refractivity contribution in [2.45, 2.75) is 32.9 Å². The molecule has 1 aliphatic rings. The molecule has 5 nitrogen and oxygen atoms in total. The lowest BCUT2D eigenvalue weighted by Crippen LogP contribution is -2.30. The summed E-state index contributed by atoms with van der Waals surface area (Å²) >= 11 is 0. The van der Waals surface area contributed by atoms with Crippen molar-refractivity contribution in [3.05, 3.63) is 53.1 Å². The van der Waals surface area contributed by atoms with Crippen LogP contribution < -0.4 is 14.8 Å². The quantitative estimate of drug-likeness (QED) is 0.750. The fourth-order valence-electron chi connectivity index (χ4n) is 3.37. The van der Waals surface area contributed by atoms with Gasteiger partial charge in [-0.3, -0.25) is 9.69 Å². The van der Waals surface area contributed by atoms with E-state index in [1.165, 1.54) is 5.56 Å². The monoisotopic (exact) mass is 378 g/mol. The van der Waals surface area contributed by atoms with Gasteiger partial charge in [-0.15, -0.1) is 6.42 Å². The Morgan fingerprint density at radius 1 is 1.39 bits per heavy atom. The molecule has 0 radical (unpaired) electrons. The van der Waals surface area contributed by atoms with E-state index < -0.39 is 0 Å². The fraction of sp³-hybridized carbons (Fsp3) is 0.348. The third-order valence-electron chi connectivity index (χ3n) is 4.55. The maximum Gasteiger partial charge on any atom is 0.238 e. The first-order valence-electron chi connectivity index (χ1n) is 9.48. The molecular weight excluding hydrogens is 352 g/mol. The Morgan fingerprint density at radius 3 is 2.96 bits per heavy atom. The van der Waals surface area contributed by atoms with E-state index in [-0.39, 0.29) is 18.6 Å². The zero-order valence-electron chi connectivity index (χ0n) is 16.6. The van der Waals surface area contributed by atoms with Gasteiger partial charge in [0.1, 0.15) is 17.6 Å². The van der Waals surface area contributed by atoms with E-state index in [2.05, 4.69) is 24.2 Å². The van der Waals surface area contributed by atoms with Crippen LogP contribution in [0, 0.1) is 12.3 Å². The number of carbonyl (C=O) groups is 1. The van der Waals surface area contributed by atoms with Crippen LogP contribution in [0.25, 0.3) is 0 Å². The minimum absolute atomic E-state index is 0.0966. The third-order valence-corrected chi connectivity index (χ3v) is 4.55. The molecule has 0 aliphatic carbocycles. The van der Waals surface area contributed by atoms with Gasteiger partial charge in [0.2, 0.25) is 5.91 Å². The highest BCUT2D eigenvalue weighted by Crippen LogP contribution is 2.35. The first-order chi connectivity index (χ1) is 13.5. The van der Waals surface area contributed by atoms with Gasteiger partial charge in [-0.1, -0.05) is 12.0 Å². The summed E-state index contributed by atoms with van der Waals surface area (Å²) in [6.07, 6.45) is 6.49. The SMILES string of the molecule is C#Cc1cccc(NC(=O)CN(C)Cc2cc3c(cc2OCC)CC(C)O3)c1. The minimum atomic E-state index is -0.0966. The van der Waals surface area contributed by atoms with E-state index in [4.69, 9.17) is 15.9 Å². The molecule has 2 aromatic carbocycles. The molecule has 1 aliphatic heterocycles. The Bertz CT molecular complexity index is 901. The van der Waals surface area contributed by atoms with Crippen LogP contribution in [0.1, 0.15) is 30.5 Å². The van der Waals surface area contributed by atoms with Gasteiger partial charge in [0.25, 0.3) is 0 Å². The number of hydrogen-bond acceptors (Lipinski definition) is 4. The van der Waals surface area contributed by atoms with Crippen molar-refractivity contribution in [2.75, 3.05) is 25.5 Å². The predicted molar refractivity (Wildman–Crippen MR) is 111 cm³/mol. The van der Waals surface area contributed by atoms with Gasteiger partial charge in [0.15, 0.2) is 0 Å². The average Bonchev–Trinajstić information content (AvgIpc) is 3.01. The first-order valence-corrected chi connectivity index (χ1v) is 9.48. The Labute approximate surface area is 166 Å². The smallest absolute Gasteiger partial charge is 0.238 e. The number of fused-ring (bicyclic) bond motifs is 1. The third kappa shape index (κ3) is 4.85. The van der Waals surface area contributed by atoms with Gasteiger partial charge in [-0.25, -0.2) is 0 Å². The lowest BCUT2D eigenvalue weighted by atomic mass is 10.1. The summed E-state index contributed by atoms with van der Waals surface area (Å²) in [6, 6.07) is 11.4. The molecule has 0 saturated heterocycles. The highest BCUT2D eigenvalue weighted by Gasteiger charge is 2.22. The molecule has 1 unspecified atom stereocenters. The number of anilines is 1. The van der Waals surface area contributed by atoms with E-state index in [0.29, 0.717) is 18.8 Å². The minimum Gasteiger partial charge on any atom is -0.494 e. The second kappa shape index (κ2) is 8.81. The normalized spacial score (nSPS) is 14.9. The van der Waals surface area contributed by atoms with Crippen molar-refractivity contribution < 1.29 is 14.3 Å². The van der Waals surface area contributed by atoms with E-state index in [1.54, 1.807) is 6.07 Å². The van der Waals surface area contributed by atoms with Crippen LogP contribution >= 0.6 is 0 Å². The Kier molecular flexibility index (Phi) is 6.23. The molecule has 0 spiro atoms. The Balaban J connectivity index is 1.65.